The lowest BCUT2D eigenvalue weighted by Crippen LogP contribution is -2.17. The second kappa shape index (κ2) is 7.32. The first-order chi connectivity index (χ1) is 12.7. The van der Waals surface area contributed by atoms with Gasteiger partial charge < -0.3 is 10.3 Å². The molecule has 0 unspecified atom stereocenters. The lowest BCUT2D eigenvalue weighted by Gasteiger charge is -2.20. The van der Waals surface area contributed by atoms with Crippen molar-refractivity contribution in [3.05, 3.63) is 36.0 Å². The van der Waals surface area contributed by atoms with E-state index in [9.17, 15) is 4.79 Å². The van der Waals surface area contributed by atoms with Crippen molar-refractivity contribution in [2.45, 2.75) is 51.9 Å². The van der Waals surface area contributed by atoms with Crippen molar-refractivity contribution < 1.29 is 4.79 Å². The number of imidazole rings is 1. The number of para-hydroxylation sites is 2. The Morgan fingerprint density at radius 1 is 1.27 bits per heavy atom. The van der Waals surface area contributed by atoms with Crippen molar-refractivity contribution in [3.63, 3.8) is 0 Å². The number of nitrogens with one attached hydrogen (secondary N) is 2. The molecule has 0 aliphatic heterocycles. The number of amides is 1. The minimum absolute atomic E-state index is 0.0489. The largest absolute Gasteiger partial charge is 0.322 e. The van der Waals surface area contributed by atoms with Crippen molar-refractivity contribution in [2.24, 2.45) is 5.92 Å². The highest BCUT2D eigenvalue weighted by Gasteiger charge is 2.17. The van der Waals surface area contributed by atoms with Crippen LogP contribution in [-0.2, 0) is 4.79 Å². The normalized spacial score (nSPS) is 15.4. The van der Waals surface area contributed by atoms with Gasteiger partial charge in [0.15, 0.2) is 0 Å². The lowest BCUT2D eigenvalue weighted by molar-refractivity contribution is -0.116. The van der Waals surface area contributed by atoms with Gasteiger partial charge in [-0.2, -0.15) is 9.78 Å². The Kier molecular flexibility index (Phi) is 4.73. The molecular weight excluding hydrogens is 326 g/mol. The van der Waals surface area contributed by atoms with Gasteiger partial charge in [-0.25, -0.2) is 4.98 Å². The van der Waals surface area contributed by atoms with Crippen LogP contribution in [0.25, 0.3) is 17.0 Å². The van der Waals surface area contributed by atoms with Crippen LogP contribution >= 0.6 is 0 Å². The van der Waals surface area contributed by atoms with Crippen molar-refractivity contribution in [1.82, 2.24) is 19.7 Å². The van der Waals surface area contributed by atoms with Crippen molar-refractivity contribution in [2.75, 3.05) is 5.32 Å². The summed E-state index contributed by atoms with van der Waals surface area (Å²) in [7, 11) is 0. The van der Waals surface area contributed by atoms with Crippen LogP contribution in [0.15, 0.2) is 30.3 Å². The number of benzene rings is 1. The van der Waals surface area contributed by atoms with Crippen LogP contribution in [0.1, 0.15) is 50.6 Å². The van der Waals surface area contributed by atoms with Crippen molar-refractivity contribution >= 4 is 22.8 Å². The summed E-state index contributed by atoms with van der Waals surface area (Å²) in [4.78, 5) is 20.3. The zero-order valence-corrected chi connectivity index (χ0v) is 15.2. The number of carbonyl (C=O) groups excluding carboxylic acids is 1. The van der Waals surface area contributed by atoms with Gasteiger partial charge in [0, 0.05) is 12.5 Å². The third-order valence-corrected chi connectivity index (χ3v) is 5.18. The molecule has 0 spiro atoms. The quantitative estimate of drug-likeness (QED) is 0.717. The number of fused-ring (bicyclic) bond motifs is 1. The van der Waals surface area contributed by atoms with E-state index in [2.05, 4.69) is 20.4 Å². The predicted molar refractivity (Wildman–Crippen MR) is 102 cm³/mol. The van der Waals surface area contributed by atoms with Gasteiger partial charge >= 0.3 is 0 Å². The fraction of sp³-hybridized carbons (Fsp3) is 0.450. The minimum Gasteiger partial charge on any atom is -0.322 e. The molecule has 6 heteroatoms. The van der Waals surface area contributed by atoms with Crippen molar-refractivity contribution in [1.29, 1.82) is 0 Å². The van der Waals surface area contributed by atoms with Crippen LogP contribution in [0.4, 0.5) is 5.82 Å². The molecule has 2 N–H and O–H groups in total. The summed E-state index contributed by atoms with van der Waals surface area (Å²) in [5, 5.41) is 7.50. The number of nitrogens with zero attached hydrogens (tertiary/aromatic N) is 3. The van der Waals surface area contributed by atoms with Gasteiger partial charge in [0.1, 0.15) is 5.82 Å². The van der Waals surface area contributed by atoms with E-state index < -0.39 is 0 Å². The highest BCUT2D eigenvalue weighted by atomic mass is 16.1. The summed E-state index contributed by atoms with van der Waals surface area (Å²) < 4.78 is 1.67. The van der Waals surface area contributed by atoms with Gasteiger partial charge in [-0.15, -0.1) is 0 Å². The van der Waals surface area contributed by atoms with Gasteiger partial charge in [-0.1, -0.05) is 44.2 Å². The molecular formula is C20H25N5O. The predicted octanol–water partition coefficient (Wildman–Crippen LogP) is 4.36. The fourth-order valence-electron chi connectivity index (χ4n) is 3.81. The van der Waals surface area contributed by atoms with E-state index in [1.54, 1.807) is 4.68 Å². The molecule has 136 valence electrons. The van der Waals surface area contributed by atoms with E-state index in [1.165, 1.54) is 32.1 Å². The second-order valence-corrected chi connectivity index (χ2v) is 7.25. The Hall–Kier alpha value is -2.63. The van der Waals surface area contributed by atoms with Gasteiger partial charge in [-0.05, 0) is 31.4 Å². The molecule has 2 aromatic heterocycles. The first-order valence-corrected chi connectivity index (χ1v) is 9.51. The van der Waals surface area contributed by atoms with Crippen LogP contribution in [0.3, 0.4) is 0 Å². The summed E-state index contributed by atoms with van der Waals surface area (Å²) >= 11 is 0. The maximum absolute atomic E-state index is 12.4. The number of aromatic amines is 1. The first-order valence-electron chi connectivity index (χ1n) is 9.51. The molecule has 6 nitrogen and oxygen atoms in total. The number of aromatic nitrogens is 4. The van der Waals surface area contributed by atoms with Crippen molar-refractivity contribution in [3.8, 4) is 5.95 Å². The molecule has 0 atom stereocenters. The summed E-state index contributed by atoms with van der Waals surface area (Å²) in [5.41, 5.74) is 2.67. The Bertz CT molecular complexity index is 871. The topological polar surface area (TPSA) is 75.6 Å². The highest BCUT2D eigenvalue weighted by molar-refractivity contribution is 5.90. The van der Waals surface area contributed by atoms with Crippen LogP contribution < -0.4 is 5.32 Å². The Balaban J connectivity index is 1.47. The standard InChI is InChI=1S/C20H25N5O/c1-14-13-18(23-19(26)12-11-15-7-3-2-4-8-15)25(24-14)20-21-16-9-5-6-10-17(16)22-20/h5-6,9-10,13,15H,2-4,7-8,11-12H2,1H3,(H,21,22)(H,23,26). The third-order valence-electron chi connectivity index (χ3n) is 5.18. The minimum atomic E-state index is 0.0489. The Morgan fingerprint density at radius 3 is 2.88 bits per heavy atom. The average molecular weight is 351 g/mol. The molecule has 0 saturated heterocycles. The molecule has 4 rings (SSSR count). The summed E-state index contributed by atoms with van der Waals surface area (Å²) in [6, 6.07) is 9.73. The molecule has 2 heterocycles. The van der Waals surface area contributed by atoms with E-state index in [-0.39, 0.29) is 5.91 Å². The van der Waals surface area contributed by atoms with Gasteiger partial charge in [0.25, 0.3) is 0 Å². The highest BCUT2D eigenvalue weighted by Crippen LogP contribution is 2.27. The van der Waals surface area contributed by atoms with Crippen LogP contribution in [0, 0.1) is 12.8 Å². The zero-order valence-electron chi connectivity index (χ0n) is 15.2. The molecule has 1 aromatic carbocycles. The number of anilines is 1. The fourth-order valence-corrected chi connectivity index (χ4v) is 3.81. The van der Waals surface area contributed by atoms with E-state index in [0.717, 1.165) is 23.1 Å². The number of carbonyl (C=O) groups is 1. The second-order valence-electron chi connectivity index (χ2n) is 7.25. The zero-order chi connectivity index (χ0) is 17.9. The van der Waals surface area contributed by atoms with E-state index in [4.69, 9.17) is 0 Å². The summed E-state index contributed by atoms with van der Waals surface area (Å²) in [5.74, 6) is 2.03. The summed E-state index contributed by atoms with van der Waals surface area (Å²) in [6.07, 6.45) is 8.04. The van der Waals surface area contributed by atoms with E-state index in [0.29, 0.717) is 24.1 Å². The SMILES string of the molecule is Cc1cc(NC(=O)CCC2CCCCC2)n(-c2nc3ccccc3[nH]2)n1. The molecule has 3 aromatic rings. The lowest BCUT2D eigenvalue weighted by atomic mass is 9.86. The molecule has 0 radical (unpaired) electrons. The van der Waals surface area contributed by atoms with Crippen LogP contribution in [0.2, 0.25) is 0 Å². The number of H-pyrrole nitrogens is 1. The molecule has 1 amide bonds. The first kappa shape index (κ1) is 16.8. The van der Waals surface area contributed by atoms with Crippen LogP contribution in [-0.4, -0.2) is 25.7 Å². The molecule has 1 fully saturated rings. The molecule has 1 aliphatic carbocycles. The van der Waals surface area contributed by atoms with E-state index in [1.807, 2.05) is 37.3 Å². The number of aryl methyl sites for hydroxylation is 1. The smallest absolute Gasteiger partial charge is 0.231 e. The Morgan fingerprint density at radius 2 is 2.08 bits per heavy atom. The number of hydrogen-bond acceptors (Lipinski definition) is 3. The maximum Gasteiger partial charge on any atom is 0.231 e. The number of rotatable bonds is 5. The monoisotopic (exact) mass is 351 g/mol. The molecule has 26 heavy (non-hydrogen) atoms. The summed E-state index contributed by atoms with van der Waals surface area (Å²) in [6.45, 7) is 1.91. The average Bonchev–Trinajstić information content (AvgIpc) is 3.24. The Labute approximate surface area is 153 Å². The van der Waals surface area contributed by atoms with Gasteiger partial charge in [0.05, 0.1) is 16.7 Å². The number of hydrogen-bond donors (Lipinski definition) is 2. The van der Waals surface area contributed by atoms with Gasteiger partial charge in [-0.3, -0.25) is 4.79 Å². The van der Waals surface area contributed by atoms with E-state index >= 15 is 0 Å². The molecule has 1 aliphatic rings. The molecule has 0 bridgehead atoms. The third kappa shape index (κ3) is 3.64. The van der Waals surface area contributed by atoms with Gasteiger partial charge in [0.2, 0.25) is 11.9 Å². The maximum atomic E-state index is 12.4. The van der Waals surface area contributed by atoms with Crippen LogP contribution in [0.5, 0.6) is 0 Å². The molecule has 1 saturated carbocycles.